The van der Waals surface area contributed by atoms with Gasteiger partial charge in [0.05, 0.1) is 6.54 Å². The standard InChI is InChI=1S/C18H20FN3O2/c19-15-5-3-14(4-6-15)12-21-18(23)22-11-1-2-17(13-22)24-16-7-9-20-10-8-16/h3-10,17H,1-2,11-13H2,(H,21,23)/t17-/m0/s1. The third kappa shape index (κ3) is 4.44. The Morgan fingerprint density at radius 1 is 1.25 bits per heavy atom. The van der Waals surface area contributed by atoms with Crippen LogP contribution in [-0.2, 0) is 6.54 Å². The fourth-order valence-corrected chi connectivity index (χ4v) is 2.72. The molecule has 3 rings (SSSR count). The van der Waals surface area contributed by atoms with Crippen LogP contribution in [0.4, 0.5) is 9.18 Å². The highest BCUT2D eigenvalue weighted by Gasteiger charge is 2.24. The molecule has 1 aromatic carbocycles. The number of urea groups is 1. The van der Waals surface area contributed by atoms with Crippen LogP contribution in [-0.4, -0.2) is 35.1 Å². The van der Waals surface area contributed by atoms with Gasteiger partial charge < -0.3 is 15.0 Å². The molecule has 0 unspecified atom stereocenters. The molecule has 1 atom stereocenters. The van der Waals surface area contributed by atoms with Gasteiger partial charge in [0.2, 0.25) is 0 Å². The number of nitrogens with zero attached hydrogens (tertiary/aromatic N) is 2. The maximum atomic E-state index is 12.9. The number of rotatable bonds is 4. The molecule has 0 spiro atoms. The van der Waals surface area contributed by atoms with E-state index in [1.165, 1.54) is 12.1 Å². The molecule has 1 saturated heterocycles. The summed E-state index contributed by atoms with van der Waals surface area (Å²) < 4.78 is 18.8. The molecule has 1 aliphatic rings. The van der Waals surface area contributed by atoms with Gasteiger partial charge in [0, 0.05) is 25.5 Å². The van der Waals surface area contributed by atoms with Crippen molar-refractivity contribution in [1.82, 2.24) is 15.2 Å². The van der Waals surface area contributed by atoms with E-state index in [0.717, 1.165) is 24.2 Å². The van der Waals surface area contributed by atoms with Crippen molar-refractivity contribution in [2.45, 2.75) is 25.5 Å². The molecule has 6 heteroatoms. The minimum atomic E-state index is -0.280. The summed E-state index contributed by atoms with van der Waals surface area (Å²) in [7, 11) is 0. The van der Waals surface area contributed by atoms with Crippen molar-refractivity contribution in [3.05, 3.63) is 60.2 Å². The SMILES string of the molecule is O=C(NCc1ccc(F)cc1)N1CCC[C@H](Oc2ccncc2)C1. The van der Waals surface area contributed by atoms with E-state index in [9.17, 15) is 9.18 Å². The van der Waals surface area contributed by atoms with Crippen LogP contribution in [0.5, 0.6) is 5.75 Å². The minimum Gasteiger partial charge on any atom is -0.488 e. The number of halogens is 1. The molecule has 2 heterocycles. The van der Waals surface area contributed by atoms with E-state index in [-0.39, 0.29) is 18.0 Å². The zero-order valence-corrected chi connectivity index (χ0v) is 13.3. The summed E-state index contributed by atoms with van der Waals surface area (Å²) in [5, 5.41) is 2.87. The predicted octanol–water partition coefficient (Wildman–Crippen LogP) is 2.97. The van der Waals surface area contributed by atoms with Crippen LogP contribution in [0.25, 0.3) is 0 Å². The first kappa shape index (κ1) is 16.2. The maximum Gasteiger partial charge on any atom is 0.317 e. The van der Waals surface area contributed by atoms with Crippen LogP contribution in [0.2, 0.25) is 0 Å². The number of pyridine rings is 1. The van der Waals surface area contributed by atoms with Gasteiger partial charge in [0.25, 0.3) is 0 Å². The van der Waals surface area contributed by atoms with E-state index in [0.29, 0.717) is 19.6 Å². The number of piperidine rings is 1. The number of aromatic nitrogens is 1. The molecule has 0 radical (unpaired) electrons. The van der Waals surface area contributed by atoms with E-state index < -0.39 is 0 Å². The highest BCUT2D eigenvalue weighted by atomic mass is 19.1. The summed E-state index contributed by atoms with van der Waals surface area (Å²) in [6.07, 6.45) is 5.18. The van der Waals surface area contributed by atoms with Gasteiger partial charge in [-0.2, -0.15) is 0 Å². The number of hydrogen-bond donors (Lipinski definition) is 1. The third-order valence-corrected chi connectivity index (χ3v) is 3.97. The van der Waals surface area contributed by atoms with E-state index in [4.69, 9.17) is 4.74 Å². The normalized spacial score (nSPS) is 17.4. The Morgan fingerprint density at radius 2 is 2.00 bits per heavy atom. The van der Waals surface area contributed by atoms with E-state index in [1.54, 1.807) is 29.4 Å². The lowest BCUT2D eigenvalue weighted by Crippen LogP contribution is -2.48. The summed E-state index contributed by atoms with van der Waals surface area (Å²) in [6, 6.07) is 9.62. The predicted molar refractivity (Wildman–Crippen MR) is 88.1 cm³/mol. The second-order valence-corrected chi connectivity index (χ2v) is 5.80. The number of likely N-dealkylation sites (tertiary alicyclic amines) is 1. The maximum absolute atomic E-state index is 12.9. The largest absolute Gasteiger partial charge is 0.488 e. The van der Waals surface area contributed by atoms with Crippen molar-refractivity contribution in [3.63, 3.8) is 0 Å². The number of carbonyl (C=O) groups excluding carboxylic acids is 1. The molecule has 1 aliphatic heterocycles. The molecule has 24 heavy (non-hydrogen) atoms. The van der Waals surface area contributed by atoms with Crippen molar-refractivity contribution < 1.29 is 13.9 Å². The molecule has 1 N–H and O–H groups in total. The van der Waals surface area contributed by atoms with Crippen LogP contribution in [0.15, 0.2) is 48.8 Å². The number of benzene rings is 1. The zero-order valence-electron chi connectivity index (χ0n) is 13.3. The summed E-state index contributed by atoms with van der Waals surface area (Å²) in [5.41, 5.74) is 0.867. The molecule has 2 amide bonds. The topological polar surface area (TPSA) is 54.5 Å². The van der Waals surface area contributed by atoms with Crippen molar-refractivity contribution in [2.75, 3.05) is 13.1 Å². The molecule has 0 aliphatic carbocycles. The second-order valence-electron chi connectivity index (χ2n) is 5.80. The highest BCUT2D eigenvalue weighted by molar-refractivity contribution is 5.74. The Balaban J connectivity index is 1.50. The monoisotopic (exact) mass is 329 g/mol. The molecule has 0 saturated carbocycles. The van der Waals surface area contributed by atoms with Crippen molar-refractivity contribution in [1.29, 1.82) is 0 Å². The van der Waals surface area contributed by atoms with E-state index in [2.05, 4.69) is 10.3 Å². The number of ether oxygens (including phenoxy) is 1. The van der Waals surface area contributed by atoms with Crippen molar-refractivity contribution in [3.8, 4) is 5.75 Å². The Bertz CT molecular complexity index is 664. The van der Waals surface area contributed by atoms with Gasteiger partial charge in [0.15, 0.2) is 0 Å². The lowest BCUT2D eigenvalue weighted by molar-refractivity contribution is 0.101. The summed E-state index contributed by atoms with van der Waals surface area (Å²) in [5.74, 6) is 0.487. The molecule has 126 valence electrons. The van der Waals surface area contributed by atoms with Gasteiger partial charge in [-0.15, -0.1) is 0 Å². The van der Waals surface area contributed by atoms with Crippen LogP contribution < -0.4 is 10.1 Å². The van der Waals surface area contributed by atoms with Crippen LogP contribution in [0.3, 0.4) is 0 Å². The van der Waals surface area contributed by atoms with Crippen LogP contribution in [0.1, 0.15) is 18.4 Å². The van der Waals surface area contributed by atoms with Gasteiger partial charge in [-0.05, 0) is 42.7 Å². The molecule has 1 aromatic heterocycles. The Kier molecular flexibility index (Phi) is 5.25. The van der Waals surface area contributed by atoms with Gasteiger partial charge in [-0.25, -0.2) is 9.18 Å². The lowest BCUT2D eigenvalue weighted by Gasteiger charge is -2.32. The molecule has 5 nitrogen and oxygen atoms in total. The van der Waals surface area contributed by atoms with Crippen molar-refractivity contribution in [2.24, 2.45) is 0 Å². The Labute approximate surface area is 140 Å². The fourth-order valence-electron chi connectivity index (χ4n) is 2.72. The van der Waals surface area contributed by atoms with Gasteiger partial charge >= 0.3 is 6.03 Å². The first-order valence-corrected chi connectivity index (χ1v) is 8.04. The Hall–Kier alpha value is -2.63. The smallest absolute Gasteiger partial charge is 0.317 e. The summed E-state index contributed by atoms with van der Waals surface area (Å²) in [4.78, 5) is 18.0. The average Bonchev–Trinajstić information content (AvgIpc) is 2.62. The van der Waals surface area contributed by atoms with Crippen molar-refractivity contribution >= 4 is 6.03 Å². The average molecular weight is 329 g/mol. The molecule has 0 bridgehead atoms. The van der Waals surface area contributed by atoms with Gasteiger partial charge in [0.1, 0.15) is 17.7 Å². The number of amides is 2. The summed E-state index contributed by atoms with van der Waals surface area (Å²) in [6.45, 7) is 1.65. The van der Waals surface area contributed by atoms with E-state index in [1.807, 2.05) is 12.1 Å². The number of hydrogen-bond acceptors (Lipinski definition) is 3. The van der Waals surface area contributed by atoms with Gasteiger partial charge in [-0.3, -0.25) is 4.98 Å². The van der Waals surface area contributed by atoms with Crippen LogP contribution in [0, 0.1) is 5.82 Å². The zero-order chi connectivity index (χ0) is 16.8. The number of nitrogens with one attached hydrogen (secondary N) is 1. The Morgan fingerprint density at radius 3 is 2.75 bits per heavy atom. The third-order valence-electron chi connectivity index (χ3n) is 3.97. The quantitative estimate of drug-likeness (QED) is 0.938. The minimum absolute atomic E-state index is 0.0160. The van der Waals surface area contributed by atoms with Crippen LogP contribution >= 0.6 is 0 Å². The lowest BCUT2D eigenvalue weighted by atomic mass is 10.1. The molecule has 1 fully saturated rings. The molecular weight excluding hydrogens is 309 g/mol. The van der Waals surface area contributed by atoms with Gasteiger partial charge in [-0.1, -0.05) is 12.1 Å². The fraction of sp³-hybridized carbons (Fsp3) is 0.333. The first-order valence-electron chi connectivity index (χ1n) is 8.04. The second kappa shape index (κ2) is 7.77. The molecular formula is C18H20FN3O2. The van der Waals surface area contributed by atoms with E-state index >= 15 is 0 Å². The summed E-state index contributed by atoms with van der Waals surface area (Å²) >= 11 is 0. The number of carbonyl (C=O) groups is 1. The first-order chi connectivity index (χ1) is 11.7. The molecule has 2 aromatic rings. The highest BCUT2D eigenvalue weighted by Crippen LogP contribution is 2.17.